The van der Waals surface area contributed by atoms with E-state index < -0.39 is 0 Å². The van der Waals surface area contributed by atoms with E-state index in [0.29, 0.717) is 18.1 Å². The minimum Gasteiger partial charge on any atom is -0.496 e. The highest BCUT2D eigenvalue weighted by molar-refractivity contribution is 9.10. The van der Waals surface area contributed by atoms with Gasteiger partial charge in [-0.05, 0) is 47.0 Å². The van der Waals surface area contributed by atoms with Gasteiger partial charge in [0.1, 0.15) is 5.75 Å². The Labute approximate surface area is 138 Å². The molecule has 116 valence electrons. The third-order valence-electron chi connectivity index (χ3n) is 3.56. The van der Waals surface area contributed by atoms with E-state index in [9.17, 15) is 4.79 Å². The number of amides is 1. The maximum absolute atomic E-state index is 12.5. The third-order valence-corrected chi connectivity index (χ3v) is 4.33. The van der Waals surface area contributed by atoms with Crippen molar-refractivity contribution >= 4 is 33.4 Å². The van der Waals surface area contributed by atoms with Crippen molar-refractivity contribution in [1.29, 1.82) is 0 Å². The number of hydrogen-bond donors (Lipinski definition) is 0. The fourth-order valence-corrected chi connectivity index (χ4v) is 3.05. The lowest BCUT2D eigenvalue weighted by Gasteiger charge is -2.32. The summed E-state index contributed by atoms with van der Waals surface area (Å²) in [5, 5.41) is 0. The molecular weight excluding hydrogens is 358 g/mol. The van der Waals surface area contributed by atoms with Crippen molar-refractivity contribution in [3.63, 3.8) is 0 Å². The Morgan fingerprint density at radius 1 is 1.43 bits per heavy atom. The zero-order chi connectivity index (χ0) is 15.2. The van der Waals surface area contributed by atoms with Crippen molar-refractivity contribution in [2.45, 2.75) is 18.9 Å². The molecule has 0 spiro atoms. The maximum atomic E-state index is 12.5. The first-order valence-electron chi connectivity index (χ1n) is 6.96. The summed E-state index contributed by atoms with van der Waals surface area (Å²) in [5.41, 5.74) is 0.669. The quantitative estimate of drug-likeness (QED) is 0.740. The number of nitrogens with zero attached hydrogens (tertiary/aromatic N) is 1. The Kier molecular flexibility index (Phi) is 6.33. The molecule has 0 atom stereocenters. The highest BCUT2D eigenvalue weighted by Gasteiger charge is 2.24. The molecule has 21 heavy (non-hydrogen) atoms. The van der Waals surface area contributed by atoms with E-state index in [1.807, 2.05) is 4.90 Å². The van der Waals surface area contributed by atoms with Gasteiger partial charge in [-0.15, -0.1) is 11.6 Å². The van der Waals surface area contributed by atoms with Crippen LogP contribution in [-0.4, -0.2) is 49.6 Å². The molecule has 0 unspecified atom stereocenters. The van der Waals surface area contributed by atoms with E-state index in [0.717, 1.165) is 36.2 Å². The summed E-state index contributed by atoms with van der Waals surface area (Å²) in [6.07, 6.45) is 1.94. The molecule has 0 saturated carbocycles. The van der Waals surface area contributed by atoms with E-state index >= 15 is 0 Å². The number of likely N-dealkylation sites (tertiary alicyclic amines) is 1. The van der Waals surface area contributed by atoms with Crippen LogP contribution >= 0.6 is 27.5 Å². The first kappa shape index (κ1) is 16.6. The van der Waals surface area contributed by atoms with Gasteiger partial charge in [-0.2, -0.15) is 0 Å². The van der Waals surface area contributed by atoms with Gasteiger partial charge in [-0.25, -0.2) is 0 Å². The first-order valence-corrected chi connectivity index (χ1v) is 8.29. The first-order chi connectivity index (χ1) is 10.2. The second-order valence-electron chi connectivity index (χ2n) is 4.90. The van der Waals surface area contributed by atoms with Crippen LogP contribution in [0.1, 0.15) is 23.2 Å². The Morgan fingerprint density at radius 2 is 2.14 bits per heavy atom. The van der Waals surface area contributed by atoms with E-state index in [-0.39, 0.29) is 12.0 Å². The Hall–Kier alpha value is -0.780. The van der Waals surface area contributed by atoms with Gasteiger partial charge in [-0.1, -0.05) is 0 Å². The SMILES string of the molecule is COc1ccc(C(=O)N2CCC(OCCCl)CC2)cc1Br. The number of benzene rings is 1. The summed E-state index contributed by atoms with van der Waals surface area (Å²) in [5.74, 6) is 1.29. The van der Waals surface area contributed by atoms with Crippen LogP contribution in [0.15, 0.2) is 22.7 Å². The lowest BCUT2D eigenvalue weighted by molar-refractivity contribution is 0.0154. The second kappa shape index (κ2) is 8.01. The Morgan fingerprint density at radius 3 is 2.71 bits per heavy atom. The van der Waals surface area contributed by atoms with Crippen LogP contribution in [0.4, 0.5) is 0 Å². The number of halogens is 2. The average molecular weight is 377 g/mol. The standard InChI is InChI=1S/C15H19BrClNO3/c1-20-14-3-2-11(10-13(14)16)15(19)18-7-4-12(5-8-18)21-9-6-17/h2-3,10,12H,4-9H2,1H3. The summed E-state index contributed by atoms with van der Waals surface area (Å²) in [6, 6.07) is 5.40. The van der Waals surface area contributed by atoms with Gasteiger partial charge in [0, 0.05) is 24.5 Å². The van der Waals surface area contributed by atoms with E-state index in [2.05, 4.69) is 15.9 Å². The molecule has 1 aliphatic rings. The normalized spacial score (nSPS) is 16.0. The van der Waals surface area contributed by atoms with E-state index in [1.165, 1.54) is 0 Å². The molecule has 1 saturated heterocycles. The van der Waals surface area contributed by atoms with Crippen molar-refractivity contribution < 1.29 is 14.3 Å². The van der Waals surface area contributed by atoms with Crippen molar-refractivity contribution in [2.75, 3.05) is 32.7 Å². The zero-order valence-electron chi connectivity index (χ0n) is 12.0. The highest BCUT2D eigenvalue weighted by Crippen LogP contribution is 2.26. The van der Waals surface area contributed by atoms with Gasteiger partial charge in [-0.3, -0.25) is 4.79 Å². The molecule has 2 rings (SSSR count). The van der Waals surface area contributed by atoms with Crippen molar-refractivity contribution in [1.82, 2.24) is 4.90 Å². The zero-order valence-corrected chi connectivity index (χ0v) is 14.3. The molecule has 1 aromatic carbocycles. The molecule has 0 aliphatic carbocycles. The molecule has 1 aliphatic heterocycles. The van der Waals surface area contributed by atoms with Gasteiger partial charge < -0.3 is 14.4 Å². The lowest BCUT2D eigenvalue weighted by Crippen LogP contribution is -2.41. The predicted molar refractivity (Wildman–Crippen MR) is 86.3 cm³/mol. The number of piperidine rings is 1. The van der Waals surface area contributed by atoms with Gasteiger partial charge in [0.25, 0.3) is 5.91 Å². The summed E-state index contributed by atoms with van der Waals surface area (Å²) >= 11 is 9.02. The lowest BCUT2D eigenvalue weighted by atomic mass is 10.1. The van der Waals surface area contributed by atoms with Crippen molar-refractivity contribution in [3.8, 4) is 5.75 Å². The molecular formula is C15H19BrClNO3. The second-order valence-corrected chi connectivity index (χ2v) is 6.13. The topological polar surface area (TPSA) is 38.8 Å². The molecule has 1 amide bonds. The summed E-state index contributed by atoms with van der Waals surface area (Å²) in [7, 11) is 1.60. The number of hydrogen-bond acceptors (Lipinski definition) is 3. The van der Waals surface area contributed by atoms with E-state index in [4.69, 9.17) is 21.1 Å². The van der Waals surface area contributed by atoms with Gasteiger partial charge in [0.15, 0.2) is 0 Å². The maximum Gasteiger partial charge on any atom is 0.253 e. The van der Waals surface area contributed by atoms with Gasteiger partial charge in [0.2, 0.25) is 0 Å². The van der Waals surface area contributed by atoms with Crippen LogP contribution in [-0.2, 0) is 4.74 Å². The number of methoxy groups -OCH3 is 1. The van der Waals surface area contributed by atoms with E-state index in [1.54, 1.807) is 25.3 Å². The predicted octanol–water partition coefficient (Wildman–Crippen LogP) is 3.32. The van der Waals surface area contributed by atoms with Crippen LogP contribution < -0.4 is 4.74 Å². The molecule has 0 radical (unpaired) electrons. The van der Waals surface area contributed by atoms with Crippen LogP contribution in [0.25, 0.3) is 0 Å². The summed E-state index contributed by atoms with van der Waals surface area (Å²) in [4.78, 5) is 14.3. The fraction of sp³-hybridized carbons (Fsp3) is 0.533. The Bertz CT molecular complexity index is 490. The number of rotatable bonds is 5. The smallest absolute Gasteiger partial charge is 0.253 e. The largest absolute Gasteiger partial charge is 0.496 e. The minimum absolute atomic E-state index is 0.0501. The number of ether oxygens (including phenoxy) is 2. The number of alkyl halides is 1. The number of carbonyl (C=O) groups excluding carboxylic acids is 1. The van der Waals surface area contributed by atoms with Crippen molar-refractivity contribution in [3.05, 3.63) is 28.2 Å². The minimum atomic E-state index is 0.0501. The van der Waals surface area contributed by atoms with Gasteiger partial charge in [0.05, 0.1) is 24.3 Å². The molecule has 1 aromatic rings. The molecule has 4 nitrogen and oxygen atoms in total. The Balaban J connectivity index is 1.94. The molecule has 6 heteroatoms. The van der Waals surface area contributed by atoms with Crippen LogP contribution in [0, 0.1) is 0 Å². The number of carbonyl (C=O) groups is 1. The van der Waals surface area contributed by atoms with Crippen LogP contribution in [0.3, 0.4) is 0 Å². The molecule has 0 aromatic heterocycles. The average Bonchev–Trinajstić information content (AvgIpc) is 2.52. The molecule has 0 N–H and O–H groups in total. The van der Waals surface area contributed by atoms with Crippen LogP contribution in [0.2, 0.25) is 0 Å². The monoisotopic (exact) mass is 375 g/mol. The summed E-state index contributed by atoms with van der Waals surface area (Å²) in [6.45, 7) is 2.01. The fourth-order valence-electron chi connectivity index (χ4n) is 2.42. The van der Waals surface area contributed by atoms with Crippen molar-refractivity contribution in [2.24, 2.45) is 0 Å². The molecule has 1 heterocycles. The van der Waals surface area contributed by atoms with Gasteiger partial charge >= 0.3 is 0 Å². The highest BCUT2D eigenvalue weighted by atomic mass is 79.9. The molecule has 1 fully saturated rings. The summed E-state index contributed by atoms with van der Waals surface area (Å²) < 4.78 is 11.6. The third kappa shape index (κ3) is 4.34. The van der Waals surface area contributed by atoms with Crippen LogP contribution in [0.5, 0.6) is 5.75 Å². The molecule has 0 bridgehead atoms.